The minimum absolute atomic E-state index is 0.183. The number of hydrogen-bond acceptors (Lipinski definition) is 11. The zero-order chi connectivity index (χ0) is 25.4. The van der Waals surface area contributed by atoms with E-state index in [2.05, 4.69) is 14.9 Å². The van der Waals surface area contributed by atoms with Gasteiger partial charge >= 0.3 is 0 Å². The van der Waals surface area contributed by atoms with Crippen molar-refractivity contribution in [3.8, 4) is 21.8 Å². The number of benzene rings is 1. The van der Waals surface area contributed by atoms with Crippen LogP contribution in [0.1, 0.15) is 0 Å². The van der Waals surface area contributed by atoms with Crippen LogP contribution in [0.3, 0.4) is 0 Å². The summed E-state index contributed by atoms with van der Waals surface area (Å²) in [5.41, 5.74) is 7.90. The Labute approximate surface area is 218 Å². The predicted molar refractivity (Wildman–Crippen MR) is 141 cm³/mol. The van der Waals surface area contributed by atoms with Gasteiger partial charge in [0.25, 0.3) is 0 Å². The molecule has 6 rings (SSSR count). The Morgan fingerprint density at radius 3 is 2.32 bits per heavy atom. The Bertz CT molecular complexity index is 1530. The number of sulfonamides is 1. The maximum atomic E-state index is 13.2. The van der Waals surface area contributed by atoms with Crippen LogP contribution < -0.4 is 10.6 Å². The summed E-state index contributed by atoms with van der Waals surface area (Å²) in [4.78, 5) is 21.2. The average Bonchev–Trinajstić information content (AvgIpc) is 3.38. The fourth-order valence-corrected chi connectivity index (χ4v) is 6.94. The Balaban J connectivity index is 1.43. The molecule has 2 aliphatic rings. The van der Waals surface area contributed by atoms with Crippen LogP contribution in [0.25, 0.3) is 32.0 Å². The molecule has 192 valence electrons. The van der Waals surface area contributed by atoms with Crippen LogP contribution in [0.4, 0.5) is 11.8 Å². The number of hydrogen-bond donors (Lipinski definition) is 1. The molecule has 37 heavy (non-hydrogen) atoms. The van der Waals surface area contributed by atoms with Crippen molar-refractivity contribution in [2.75, 3.05) is 63.2 Å². The second-order valence-corrected chi connectivity index (χ2v) is 11.7. The van der Waals surface area contributed by atoms with Gasteiger partial charge in [0.1, 0.15) is 0 Å². The van der Waals surface area contributed by atoms with Gasteiger partial charge < -0.3 is 20.1 Å². The highest BCUT2D eigenvalue weighted by Gasteiger charge is 2.27. The minimum atomic E-state index is -3.61. The van der Waals surface area contributed by atoms with E-state index >= 15 is 0 Å². The normalized spacial score (nSPS) is 17.4. The second-order valence-electron chi connectivity index (χ2n) is 8.67. The van der Waals surface area contributed by atoms with Gasteiger partial charge in [0.05, 0.1) is 47.1 Å². The first-order chi connectivity index (χ1) is 18.0. The van der Waals surface area contributed by atoms with E-state index in [1.165, 1.54) is 4.31 Å². The molecule has 2 aliphatic heterocycles. The standard InChI is InChI=1S/C24H25N7O4S2/c25-24-26-14-17(15-27-24)22-28-19-13-20(36-21(19)23(29-22)30-4-8-34-9-5-30)16-2-1-3-18(12-16)37(32,33)31-6-10-35-11-7-31/h1-3,12-15H,4-11H2,(H2,25,26,27). The van der Waals surface area contributed by atoms with Gasteiger partial charge in [0, 0.05) is 43.4 Å². The molecule has 11 nitrogen and oxygen atoms in total. The number of anilines is 2. The third-order valence-corrected chi connectivity index (χ3v) is 9.38. The monoisotopic (exact) mass is 539 g/mol. The van der Waals surface area contributed by atoms with Crippen LogP contribution in [0.5, 0.6) is 0 Å². The molecule has 0 spiro atoms. The number of nitrogens with zero attached hydrogens (tertiary/aromatic N) is 6. The highest BCUT2D eigenvalue weighted by Crippen LogP contribution is 2.39. The summed E-state index contributed by atoms with van der Waals surface area (Å²) in [6.07, 6.45) is 3.22. The van der Waals surface area contributed by atoms with Crippen molar-refractivity contribution in [2.45, 2.75) is 4.90 Å². The smallest absolute Gasteiger partial charge is 0.243 e. The molecule has 13 heteroatoms. The Morgan fingerprint density at radius 1 is 0.892 bits per heavy atom. The molecular formula is C24H25N7O4S2. The first-order valence-electron chi connectivity index (χ1n) is 11.9. The zero-order valence-corrected chi connectivity index (χ0v) is 21.5. The first kappa shape index (κ1) is 24.1. The number of fused-ring (bicyclic) bond motifs is 1. The maximum absolute atomic E-state index is 13.2. The summed E-state index contributed by atoms with van der Waals surface area (Å²) in [5.74, 6) is 1.50. The highest BCUT2D eigenvalue weighted by atomic mass is 32.2. The minimum Gasteiger partial charge on any atom is -0.379 e. The Kier molecular flexibility index (Phi) is 6.46. The summed E-state index contributed by atoms with van der Waals surface area (Å²) >= 11 is 1.54. The third kappa shape index (κ3) is 4.76. The van der Waals surface area contributed by atoms with E-state index in [-0.39, 0.29) is 10.8 Å². The molecule has 5 heterocycles. The predicted octanol–water partition coefficient (Wildman–Crippen LogP) is 2.25. The molecule has 2 N–H and O–H groups in total. The zero-order valence-electron chi connectivity index (χ0n) is 19.9. The van der Waals surface area contributed by atoms with Crippen LogP contribution in [-0.4, -0.2) is 85.3 Å². The van der Waals surface area contributed by atoms with E-state index in [9.17, 15) is 8.42 Å². The lowest BCUT2D eigenvalue weighted by Crippen LogP contribution is -2.40. The van der Waals surface area contributed by atoms with Crippen molar-refractivity contribution >= 4 is 43.3 Å². The lowest BCUT2D eigenvalue weighted by atomic mass is 10.2. The maximum Gasteiger partial charge on any atom is 0.243 e. The summed E-state index contributed by atoms with van der Waals surface area (Å²) in [7, 11) is -3.61. The van der Waals surface area contributed by atoms with Crippen molar-refractivity contribution in [3.63, 3.8) is 0 Å². The molecular weight excluding hydrogens is 514 g/mol. The second kappa shape index (κ2) is 9.91. The molecule has 2 fully saturated rings. The van der Waals surface area contributed by atoms with Gasteiger partial charge in [-0.1, -0.05) is 12.1 Å². The topological polar surface area (TPSA) is 137 Å². The Morgan fingerprint density at radius 2 is 1.59 bits per heavy atom. The molecule has 0 amide bonds. The summed E-state index contributed by atoms with van der Waals surface area (Å²) in [6.45, 7) is 4.17. The van der Waals surface area contributed by atoms with Gasteiger partial charge in [-0.15, -0.1) is 11.3 Å². The van der Waals surface area contributed by atoms with Crippen LogP contribution in [0, 0.1) is 0 Å². The summed E-state index contributed by atoms with van der Waals surface area (Å²) in [5, 5.41) is 0. The number of rotatable bonds is 5. The molecule has 0 aliphatic carbocycles. The number of nitrogen functional groups attached to an aromatic ring is 1. The third-order valence-electron chi connectivity index (χ3n) is 6.32. The van der Waals surface area contributed by atoms with E-state index in [1.54, 1.807) is 41.9 Å². The quantitative estimate of drug-likeness (QED) is 0.402. The molecule has 0 saturated carbocycles. The summed E-state index contributed by atoms with van der Waals surface area (Å²) < 4.78 is 39.8. The van der Waals surface area contributed by atoms with Crippen LogP contribution in [-0.2, 0) is 19.5 Å². The molecule has 0 unspecified atom stereocenters. The molecule has 4 aromatic rings. The van der Waals surface area contributed by atoms with Gasteiger partial charge in [0.2, 0.25) is 16.0 Å². The van der Waals surface area contributed by atoms with Crippen molar-refractivity contribution in [2.24, 2.45) is 0 Å². The average molecular weight is 540 g/mol. The van der Waals surface area contributed by atoms with Crippen molar-refractivity contribution in [1.29, 1.82) is 0 Å². The van der Waals surface area contributed by atoms with E-state index in [1.807, 2.05) is 12.1 Å². The van der Waals surface area contributed by atoms with Gasteiger partial charge in [-0.2, -0.15) is 4.31 Å². The first-order valence-corrected chi connectivity index (χ1v) is 14.2. The molecule has 2 saturated heterocycles. The number of morpholine rings is 2. The number of aromatic nitrogens is 4. The molecule has 0 bridgehead atoms. The van der Waals surface area contributed by atoms with Gasteiger partial charge in [-0.05, 0) is 23.8 Å². The highest BCUT2D eigenvalue weighted by molar-refractivity contribution is 7.89. The SMILES string of the molecule is Nc1ncc(-c2nc(N3CCOCC3)c3sc(-c4cccc(S(=O)(=O)N5CCOCC5)c4)cc3n2)cn1. The fourth-order valence-electron chi connectivity index (χ4n) is 4.38. The van der Waals surface area contributed by atoms with Crippen molar-refractivity contribution in [1.82, 2.24) is 24.2 Å². The largest absolute Gasteiger partial charge is 0.379 e. The lowest BCUT2D eigenvalue weighted by Gasteiger charge is -2.28. The van der Waals surface area contributed by atoms with Crippen LogP contribution in [0.2, 0.25) is 0 Å². The van der Waals surface area contributed by atoms with Crippen molar-refractivity contribution < 1.29 is 17.9 Å². The van der Waals surface area contributed by atoms with Crippen LogP contribution >= 0.6 is 11.3 Å². The van der Waals surface area contributed by atoms with Gasteiger partial charge in [0.15, 0.2) is 11.6 Å². The number of ether oxygens (including phenoxy) is 2. The van der Waals surface area contributed by atoms with Crippen molar-refractivity contribution in [3.05, 3.63) is 42.7 Å². The lowest BCUT2D eigenvalue weighted by molar-refractivity contribution is 0.0730. The van der Waals surface area contributed by atoms with Crippen LogP contribution in [0.15, 0.2) is 47.6 Å². The van der Waals surface area contributed by atoms with E-state index in [0.29, 0.717) is 64.0 Å². The molecule has 3 aromatic heterocycles. The van der Waals surface area contributed by atoms with E-state index in [0.717, 1.165) is 26.5 Å². The number of thiophene rings is 1. The van der Waals surface area contributed by atoms with E-state index < -0.39 is 10.0 Å². The molecule has 1 aromatic carbocycles. The fraction of sp³-hybridized carbons (Fsp3) is 0.333. The number of nitrogens with two attached hydrogens (primary N) is 1. The molecule has 0 radical (unpaired) electrons. The Hall–Kier alpha value is -3.23. The van der Waals surface area contributed by atoms with Gasteiger partial charge in [-0.3, -0.25) is 0 Å². The summed E-state index contributed by atoms with van der Waals surface area (Å²) in [6, 6.07) is 9.04. The van der Waals surface area contributed by atoms with E-state index in [4.69, 9.17) is 25.2 Å². The molecule has 0 atom stereocenters. The van der Waals surface area contributed by atoms with Gasteiger partial charge in [-0.25, -0.2) is 28.4 Å².